The molecular weight excluding hydrogens is 254 g/mol. The molecule has 1 N–H and O–H groups in total. The molecule has 20 heavy (non-hydrogen) atoms. The summed E-state index contributed by atoms with van der Waals surface area (Å²) in [5.41, 5.74) is 3.91. The normalized spacial score (nSPS) is 10.5. The first kappa shape index (κ1) is 14.1. The van der Waals surface area contributed by atoms with Gasteiger partial charge in [0.15, 0.2) is 0 Å². The molecule has 0 aliphatic heterocycles. The van der Waals surface area contributed by atoms with Crippen LogP contribution in [0.5, 0.6) is 0 Å². The number of nitrogens with zero attached hydrogens (tertiary/aromatic N) is 2. The Balaban J connectivity index is 1.99. The fraction of sp³-hybridized carbons (Fsp3) is 0.267. The van der Waals surface area contributed by atoms with Crippen LogP contribution in [-0.4, -0.2) is 9.91 Å². The van der Waals surface area contributed by atoms with Gasteiger partial charge in [-0.1, -0.05) is 18.2 Å². The molecule has 0 bridgehead atoms. The van der Waals surface area contributed by atoms with Crippen molar-refractivity contribution in [3.63, 3.8) is 0 Å². The van der Waals surface area contributed by atoms with E-state index >= 15 is 0 Å². The summed E-state index contributed by atoms with van der Waals surface area (Å²) in [6.07, 6.45) is 1.84. The second-order valence-electron chi connectivity index (χ2n) is 4.73. The molecule has 0 radical (unpaired) electrons. The Hall–Kier alpha value is -2.27. The number of hydrogen-bond donors (Lipinski definition) is 1. The molecule has 0 fully saturated rings. The number of hydrogen-bond acceptors (Lipinski definition) is 4. The standard InChI is InChI=1S/C15H17N3O2/c1-11-6-7-13(9-17-11)8-16-10-14-4-3-5-15(12(14)2)18(19)20/h3-7,9,16H,8,10H2,1-2H3. The van der Waals surface area contributed by atoms with Gasteiger partial charge in [0.25, 0.3) is 5.69 Å². The van der Waals surface area contributed by atoms with Gasteiger partial charge in [-0.25, -0.2) is 0 Å². The summed E-state index contributed by atoms with van der Waals surface area (Å²) in [4.78, 5) is 14.8. The zero-order valence-electron chi connectivity index (χ0n) is 11.6. The summed E-state index contributed by atoms with van der Waals surface area (Å²) in [6.45, 7) is 5.02. The van der Waals surface area contributed by atoms with Crippen LogP contribution < -0.4 is 5.32 Å². The molecule has 0 amide bonds. The molecule has 0 aliphatic rings. The van der Waals surface area contributed by atoms with Crippen molar-refractivity contribution >= 4 is 5.69 Å². The van der Waals surface area contributed by atoms with E-state index in [0.717, 1.165) is 16.8 Å². The molecule has 0 saturated heterocycles. The first-order valence-electron chi connectivity index (χ1n) is 6.43. The maximum absolute atomic E-state index is 10.9. The zero-order chi connectivity index (χ0) is 14.5. The highest BCUT2D eigenvalue weighted by atomic mass is 16.6. The second kappa shape index (κ2) is 6.25. The van der Waals surface area contributed by atoms with Crippen LogP contribution in [0, 0.1) is 24.0 Å². The van der Waals surface area contributed by atoms with Gasteiger partial charge in [-0.2, -0.15) is 0 Å². The number of aryl methyl sites for hydroxylation is 1. The molecule has 0 unspecified atom stereocenters. The van der Waals surface area contributed by atoms with Crippen LogP contribution in [0.1, 0.15) is 22.4 Å². The van der Waals surface area contributed by atoms with E-state index in [1.54, 1.807) is 13.0 Å². The van der Waals surface area contributed by atoms with Gasteiger partial charge in [0.05, 0.1) is 4.92 Å². The molecule has 0 saturated carbocycles. The summed E-state index contributed by atoms with van der Waals surface area (Å²) in [5.74, 6) is 0. The zero-order valence-corrected chi connectivity index (χ0v) is 11.6. The van der Waals surface area contributed by atoms with Gasteiger partial charge in [-0.15, -0.1) is 0 Å². The SMILES string of the molecule is Cc1ccc(CNCc2cccc([N+](=O)[O-])c2C)cn1. The van der Waals surface area contributed by atoms with Crippen LogP contribution in [0.2, 0.25) is 0 Å². The average molecular weight is 271 g/mol. The van der Waals surface area contributed by atoms with Crippen molar-refractivity contribution < 1.29 is 4.92 Å². The first-order chi connectivity index (χ1) is 9.58. The van der Waals surface area contributed by atoms with Gasteiger partial charge >= 0.3 is 0 Å². The van der Waals surface area contributed by atoms with Crippen molar-refractivity contribution in [3.05, 3.63) is 69.0 Å². The highest BCUT2D eigenvalue weighted by Crippen LogP contribution is 2.20. The predicted octanol–water partition coefficient (Wildman–Crippen LogP) is 2.90. The summed E-state index contributed by atoms with van der Waals surface area (Å²) < 4.78 is 0. The molecule has 2 rings (SSSR count). The highest BCUT2D eigenvalue weighted by Gasteiger charge is 2.12. The smallest absolute Gasteiger partial charge is 0.272 e. The maximum Gasteiger partial charge on any atom is 0.272 e. The Kier molecular flexibility index (Phi) is 4.42. The van der Waals surface area contributed by atoms with Crippen LogP contribution in [0.25, 0.3) is 0 Å². The van der Waals surface area contributed by atoms with Crippen LogP contribution >= 0.6 is 0 Å². The fourth-order valence-electron chi connectivity index (χ4n) is 2.00. The lowest BCUT2D eigenvalue weighted by Gasteiger charge is -2.08. The van der Waals surface area contributed by atoms with Crippen LogP contribution in [0.15, 0.2) is 36.5 Å². The number of rotatable bonds is 5. The lowest BCUT2D eigenvalue weighted by molar-refractivity contribution is -0.385. The largest absolute Gasteiger partial charge is 0.309 e. The lowest BCUT2D eigenvalue weighted by Crippen LogP contribution is -2.14. The van der Waals surface area contributed by atoms with Crippen LogP contribution in [0.4, 0.5) is 5.69 Å². The molecule has 0 aliphatic carbocycles. The molecule has 5 nitrogen and oxygen atoms in total. The quantitative estimate of drug-likeness (QED) is 0.670. The van der Waals surface area contributed by atoms with Gasteiger partial charge in [0.1, 0.15) is 0 Å². The molecule has 1 heterocycles. The number of aromatic nitrogens is 1. The molecule has 5 heteroatoms. The van der Waals surface area contributed by atoms with E-state index in [0.29, 0.717) is 18.7 Å². The van der Waals surface area contributed by atoms with E-state index in [-0.39, 0.29) is 10.6 Å². The van der Waals surface area contributed by atoms with Gasteiger partial charge in [0.2, 0.25) is 0 Å². The van der Waals surface area contributed by atoms with Crippen molar-refractivity contribution in [3.8, 4) is 0 Å². The number of nitro groups is 1. The third-order valence-corrected chi connectivity index (χ3v) is 3.23. The van der Waals surface area contributed by atoms with Gasteiger partial charge in [-0.05, 0) is 31.0 Å². The molecule has 104 valence electrons. The molecule has 2 aromatic rings. The summed E-state index contributed by atoms with van der Waals surface area (Å²) in [5, 5.41) is 14.2. The number of nitrogens with one attached hydrogen (secondary N) is 1. The minimum atomic E-state index is -0.345. The molecular formula is C15H17N3O2. The van der Waals surface area contributed by atoms with Gasteiger partial charge in [0, 0.05) is 36.6 Å². The Morgan fingerprint density at radius 2 is 2.00 bits per heavy atom. The van der Waals surface area contributed by atoms with Crippen molar-refractivity contribution in [1.82, 2.24) is 10.3 Å². The van der Waals surface area contributed by atoms with E-state index < -0.39 is 0 Å². The molecule has 0 spiro atoms. The van der Waals surface area contributed by atoms with Crippen molar-refractivity contribution in [2.24, 2.45) is 0 Å². The number of pyridine rings is 1. The predicted molar refractivity (Wildman–Crippen MR) is 77.4 cm³/mol. The number of nitro benzene ring substituents is 1. The van der Waals surface area contributed by atoms with E-state index in [1.807, 2.05) is 31.3 Å². The van der Waals surface area contributed by atoms with Crippen LogP contribution in [-0.2, 0) is 13.1 Å². The average Bonchev–Trinajstić information content (AvgIpc) is 2.42. The van der Waals surface area contributed by atoms with Crippen molar-refractivity contribution in [2.45, 2.75) is 26.9 Å². The Morgan fingerprint density at radius 1 is 1.20 bits per heavy atom. The summed E-state index contributed by atoms with van der Waals surface area (Å²) in [6, 6.07) is 9.15. The molecule has 0 atom stereocenters. The second-order valence-corrected chi connectivity index (χ2v) is 4.73. The van der Waals surface area contributed by atoms with E-state index in [1.165, 1.54) is 6.07 Å². The summed E-state index contributed by atoms with van der Waals surface area (Å²) >= 11 is 0. The van der Waals surface area contributed by atoms with Gasteiger partial charge < -0.3 is 5.32 Å². The molecule has 1 aromatic carbocycles. The maximum atomic E-state index is 10.9. The fourth-order valence-corrected chi connectivity index (χ4v) is 2.00. The third-order valence-electron chi connectivity index (χ3n) is 3.23. The minimum Gasteiger partial charge on any atom is -0.309 e. The minimum absolute atomic E-state index is 0.168. The van der Waals surface area contributed by atoms with Crippen LogP contribution in [0.3, 0.4) is 0 Å². The third kappa shape index (κ3) is 3.39. The van der Waals surface area contributed by atoms with E-state index in [9.17, 15) is 10.1 Å². The highest BCUT2D eigenvalue weighted by molar-refractivity contribution is 5.44. The topological polar surface area (TPSA) is 68.1 Å². The first-order valence-corrected chi connectivity index (χ1v) is 6.43. The monoisotopic (exact) mass is 271 g/mol. The van der Waals surface area contributed by atoms with E-state index in [4.69, 9.17) is 0 Å². The lowest BCUT2D eigenvalue weighted by atomic mass is 10.1. The van der Waals surface area contributed by atoms with E-state index in [2.05, 4.69) is 10.3 Å². The molecule has 1 aromatic heterocycles. The summed E-state index contributed by atoms with van der Waals surface area (Å²) in [7, 11) is 0. The van der Waals surface area contributed by atoms with Crippen molar-refractivity contribution in [2.75, 3.05) is 0 Å². The Morgan fingerprint density at radius 3 is 2.65 bits per heavy atom. The Bertz CT molecular complexity index is 609. The van der Waals surface area contributed by atoms with Crippen molar-refractivity contribution in [1.29, 1.82) is 0 Å². The Labute approximate surface area is 117 Å². The number of benzene rings is 1. The van der Waals surface area contributed by atoms with Gasteiger partial charge in [-0.3, -0.25) is 15.1 Å².